The van der Waals surface area contributed by atoms with Gasteiger partial charge in [0.2, 0.25) is 5.91 Å². The summed E-state index contributed by atoms with van der Waals surface area (Å²) in [6, 6.07) is 7.79. The SMILES string of the molecule is O=C(C1CCCC1)N1CCC(c2ncc(Cc3cccc(Cl)c3)o2)C1. The second-order valence-electron chi connectivity index (χ2n) is 7.22. The molecule has 1 saturated heterocycles. The van der Waals surface area contributed by atoms with E-state index in [0.29, 0.717) is 12.3 Å². The molecule has 1 atom stereocenters. The molecule has 4 nitrogen and oxygen atoms in total. The number of carbonyl (C=O) groups excluding carboxylic acids is 1. The summed E-state index contributed by atoms with van der Waals surface area (Å²) in [5.74, 6) is 2.42. The fraction of sp³-hybridized carbons (Fsp3) is 0.500. The predicted octanol–water partition coefficient (Wildman–Crippen LogP) is 4.42. The second-order valence-corrected chi connectivity index (χ2v) is 7.66. The van der Waals surface area contributed by atoms with Gasteiger partial charge >= 0.3 is 0 Å². The summed E-state index contributed by atoms with van der Waals surface area (Å²) in [5, 5.41) is 0.731. The quantitative estimate of drug-likeness (QED) is 0.812. The molecule has 2 fully saturated rings. The third-order valence-electron chi connectivity index (χ3n) is 5.39. The van der Waals surface area contributed by atoms with Crippen LogP contribution in [-0.2, 0) is 11.2 Å². The largest absolute Gasteiger partial charge is 0.445 e. The van der Waals surface area contributed by atoms with Crippen LogP contribution in [0.4, 0.5) is 0 Å². The molecule has 2 heterocycles. The van der Waals surface area contributed by atoms with E-state index >= 15 is 0 Å². The zero-order chi connectivity index (χ0) is 17.2. The lowest BCUT2D eigenvalue weighted by Gasteiger charge is -2.19. The number of hydrogen-bond acceptors (Lipinski definition) is 3. The number of oxazole rings is 1. The zero-order valence-electron chi connectivity index (χ0n) is 14.3. The molecule has 1 aromatic carbocycles. The number of carbonyl (C=O) groups is 1. The summed E-state index contributed by atoms with van der Waals surface area (Å²) in [4.78, 5) is 19.1. The molecular weight excluding hydrogens is 336 g/mol. The molecule has 0 radical (unpaired) electrons. The van der Waals surface area contributed by atoms with Crippen LogP contribution in [0.1, 0.15) is 55.2 Å². The number of aromatic nitrogens is 1. The summed E-state index contributed by atoms with van der Waals surface area (Å²) < 4.78 is 5.97. The van der Waals surface area contributed by atoms with Gasteiger partial charge in [-0.3, -0.25) is 4.79 Å². The monoisotopic (exact) mass is 358 g/mol. The molecule has 1 aliphatic heterocycles. The fourth-order valence-electron chi connectivity index (χ4n) is 4.03. The maximum atomic E-state index is 12.6. The predicted molar refractivity (Wildman–Crippen MR) is 96.7 cm³/mol. The van der Waals surface area contributed by atoms with Gasteiger partial charge < -0.3 is 9.32 Å². The van der Waals surface area contributed by atoms with Gasteiger partial charge in [0.05, 0.1) is 12.1 Å². The minimum atomic E-state index is 0.221. The van der Waals surface area contributed by atoms with Gasteiger partial charge in [-0.2, -0.15) is 0 Å². The van der Waals surface area contributed by atoms with Crippen molar-refractivity contribution in [1.82, 2.24) is 9.88 Å². The molecule has 1 aromatic heterocycles. The van der Waals surface area contributed by atoms with Crippen LogP contribution in [0.15, 0.2) is 34.9 Å². The summed E-state index contributed by atoms with van der Waals surface area (Å²) in [7, 11) is 0. The first kappa shape index (κ1) is 16.6. The normalized spacial score (nSPS) is 21.2. The molecule has 132 valence electrons. The highest BCUT2D eigenvalue weighted by Gasteiger charge is 2.34. The van der Waals surface area contributed by atoms with E-state index in [4.69, 9.17) is 16.0 Å². The Kier molecular flexibility index (Phi) is 4.80. The van der Waals surface area contributed by atoms with Gasteiger partial charge in [-0.1, -0.05) is 36.6 Å². The fourth-order valence-corrected chi connectivity index (χ4v) is 4.25. The highest BCUT2D eigenvalue weighted by molar-refractivity contribution is 6.30. The maximum absolute atomic E-state index is 12.6. The van der Waals surface area contributed by atoms with Crippen molar-refractivity contribution in [3.8, 4) is 0 Å². The first-order valence-electron chi connectivity index (χ1n) is 9.17. The Bertz CT molecular complexity index is 752. The van der Waals surface area contributed by atoms with Gasteiger partial charge in [-0.05, 0) is 37.0 Å². The Hall–Kier alpha value is -1.81. The molecule has 1 aliphatic carbocycles. The van der Waals surface area contributed by atoms with Crippen molar-refractivity contribution in [2.24, 2.45) is 5.92 Å². The highest BCUT2D eigenvalue weighted by atomic mass is 35.5. The first-order chi connectivity index (χ1) is 12.2. The molecule has 25 heavy (non-hydrogen) atoms. The molecule has 2 aliphatic rings. The molecular formula is C20H23ClN2O2. The molecule has 4 rings (SSSR count). The van der Waals surface area contributed by atoms with E-state index in [1.807, 2.05) is 29.2 Å². The molecule has 1 unspecified atom stereocenters. The molecule has 0 spiro atoms. The number of benzene rings is 1. The molecule has 0 bridgehead atoms. The van der Waals surface area contributed by atoms with Gasteiger partial charge in [0.15, 0.2) is 5.89 Å². The van der Waals surface area contributed by atoms with E-state index in [-0.39, 0.29) is 11.8 Å². The number of likely N-dealkylation sites (tertiary alicyclic amines) is 1. The topological polar surface area (TPSA) is 46.3 Å². The van der Waals surface area contributed by atoms with Crippen molar-refractivity contribution in [3.63, 3.8) is 0 Å². The number of nitrogens with zero attached hydrogens (tertiary/aromatic N) is 2. The van der Waals surface area contributed by atoms with E-state index in [1.54, 1.807) is 6.20 Å². The van der Waals surface area contributed by atoms with Crippen molar-refractivity contribution < 1.29 is 9.21 Å². The standard InChI is InChI=1S/C20H23ClN2O2/c21-17-7-3-4-14(10-17)11-18-12-22-19(25-18)16-8-9-23(13-16)20(24)15-5-1-2-6-15/h3-4,7,10,12,15-16H,1-2,5-6,8-9,11,13H2. The van der Waals surface area contributed by atoms with Crippen molar-refractivity contribution in [3.05, 3.63) is 52.7 Å². The third-order valence-corrected chi connectivity index (χ3v) is 5.63. The molecule has 5 heteroatoms. The molecule has 1 amide bonds. The van der Waals surface area contributed by atoms with Crippen LogP contribution >= 0.6 is 11.6 Å². The van der Waals surface area contributed by atoms with Crippen molar-refractivity contribution >= 4 is 17.5 Å². The lowest BCUT2D eigenvalue weighted by atomic mass is 10.1. The van der Waals surface area contributed by atoms with Gasteiger partial charge in [-0.25, -0.2) is 4.98 Å². The van der Waals surface area contributed by atoms with Gasteiger partial charge in [0.25, 0.3) is 0 Å². The van der Waals surface area contributed by atoms with Crippen LogP contribution in [0.5, 0.6) is 0 Å². The van der Waals surface area contributed by atoms with Crippen LogP contribution in [0.25, 0.3) is 0 Å². The summed E-state index contributed by atoms with van der Waals surface area (Å²) in [5.41, 5.74) is 1.11. The number of hydrogen-bond donors (Lipinski definition) is 0. The summed E-state index contributed by atoms with van der Waals surface area (Å²) in [6.45, 7) is 1.57. The minimum absolute atomic E-state index is 0.221. The second kappa shape index (κ2) is 7.20. The van der Waals surface area contributed by atoms with E-state index in [2.05, 4.69) is 4.98 Å². The van der Waals surface area contributed by atoms with Crippen LogP contribution < -0.4 is 0 Å². The van der Waals surface area contributed by atoms with Crippen LogP contribution in [-0.4, -0.2) is 28.9 Å². The molecule has 2 aromatic rings. The van der Waals surface area contributed by atoms with E-state index in [0.717, 1.165) is 54.6 Å². The molecule has 1 saturated carbocycles. The van der Waals surface area contributed by atoms with Crippen molar-refractivity contribution in [2.75, 3.05) is 13.1 Å². The van der Waals surface area contributed by atoms with Gasteiger partial charge in [-0.15, -0.1) is 0 Å². The van der Waals surface area contributed by atoms with Crippen LogP contribution in [0, 0.1) is 5.92 Å². The Morgan fingerprint density at radius 1 is 1.28 bits per heavy atom. The van der Waals surface area contributed by atoms with E-state index < -0.39 is 0 Å². The van der Waals surface area contributed by atoms with Crippen LogP contribution in [0.2, 0.25) is 5.02 Å². The van der Waals surface area contributed by atoms with Crippen molar-refractivity contribution in [2.45, 2.75) is 44.4 Å². The van der Waals surface area contributed by atoms with Crippen molar-refractivity contribution in [1.29, 1.82) is 0 Å². The smallest absolute Gasteiger partial charge is 0.225 e. The average Bonchev–Trinajstić information content (AvgIpc) is 3.35. The van der Waals surface area contributed by atoms with E-state index in [1.165, 1.54) is 12.8 Å². The van der Waals surface area contributed by atoms with Gasteiger partial charge in [0.1, 0.15) is 5.76 Å². The lowest BCUT2D eigenvalue weighted by molar-refractivity contribution is -0.134. The molecule has 0 N–H and O–H groups in total. The Morgan fingerprint density at radius 2 is 2.12 bits per heavy atom. The van der Waals surface area contributed by atoms with Crippen LogP contribution in [0.3, 0.4) is 0 Å². The zero-order valence-corrected chi connectivity index (χ0v) is 15.0. The van der Waals surface area contributed by atoms with Gasteiger partial charge in [0, 0.05) is 30.5 Å². The maximum Gasteiger partial charge on any atom is 0.225 e. The number of rotatable bonds is 4. The number of halogens is 1. The minimum Gasteiger partial charge on any atom is -0.445 e. The number of amides is 1. The highest BCUT2D eigenvalue weighted by Crippen LogP contribution is 2.32. The Balaban J connectivity index is 1.38. The third kappa shape index (κ3) is 3.74. The Labute approximate surface area is 153 Å². The Morgan fingerprint density at radius 3 is 2.92 bits per heavy atom. The van der Waals surface area contributed by atoms with E-state index in [9.17, 15) is 4.79 Å². The summed E-state index contributed by atoms with van der Waals surface area (Å²) >= 11 is 6.04. The lowest BCUT2D eigenvalue weighted by Crippen LogP contribution is -2.33. The average molecular weight is 359 g/mol. The summed E-state index contributed by atoms with van der Waals surface area (Å²) in [6.07, 6.45) is 7.93. The first-order valence-corrected chi connectivity index (χ1v) is 9.54.